The fourth-order valence-electron chi connectivity index (χ4n) is 2.62. The molecule has 1 atom stereocenters. The van der Waals surface area contributed by atoms with Gasteiger partial charge in [-0.25, -0.2) is 4.98 Å². The number of nitrogens with zero attached hydrogens (tertiary/aromatic N) is 3. The van der Waals surface area contributed by atoms with Gasteiger partial charge in [0.1, 0.15) is 17.4 Å². The molecule has 0 fully saturated rings. The van der Waals surface area contributed by atoms with Crippen LogP contribution in [-0.2, 0) is 0 Å². The summed E-state index contributed by atoms with van der Waals surface area (Å²) in [6, 6.07) is 13.2. The highest BCUT2D eigenvalue weighted by molar-refractivity contribution is 5.83. The molecule has 142 valence electrons. The van der Waals surface area contributed by atoms with Crippen LogP contribution in [0.15, 0.2) is 48.2 Å². The van der Waals surface area contributed by atoms with Crippen LogP contribution in [0, 0.1) is 21.4 Å². The highest BCUT2D eigenvalue weighted by Crippen LogP contribution is 2.33. The highest BCUT2D eigenvalue weighted by atomic mass is 16.6. The number of fused-ring (bicyclic) bond motifs is 1. The average Bonchev–Trinajstić information content (AvgIpc) is 3.12. The molecule has 2 N–H and O–H groups in total. The van der Waals surface area contributed by atoms with Crippen LogP contribution >= 0.6 is 0 Å². The Labute approximate surface area is 159 Å². The largest absolute Gasteiger partial charge is 0.507 e. The number of benzene rings is 2. The first-order chi connectivity index (χ1) is 13.4. The summed E-state index contributed by atoms with van der Waals surface area (Å²) in [6.07, 6.45) is -1.03. The molecule has 1 heterocycles. The number of nitro groups is 1. The Bertz CT molecular complexity index is 1080. The predicted octanol–water partition coefficient (Wildman–Crippen LogP) is 3.74. The predicted molar refractivity (Wildman–Crippen MR) is 101 cm³/mol. The van der Waals surface area contributed by atoms with E-state index in [1.54, 1.807) is 18.2 Å². The summed E-state index contributed by atoms with van der Waals surface area (Å²) in [5.74, 6) is 0.0192. The van der Waals surface area contributed by atoms with Gasteiger partial charge in [-0.1, -0.05) is 12.1 Å². The van der Waals surface area contributed by atoms with E-state index < -0.39 is 16.8 Å². The maximum absolute atomic E-state index is 11.3. The van der Waals surface area contributed by atoms with E-state index in [-0.39, 0.29) is 22.8 Å². The lowest BCUT2D eigenvalue weighted by molar-refractivity contribution is -0.386. The Morgan fingerprint density at radius 1 is 1.36 bits per heavy atom. The monoisotopic (exact) mass is 380 g/mol. The molecular weight excluding hydrogens is 364 g/mol. The van der Waals surface area contributed by atoms with Gasteiger partial charge in [-0.3, -0.25) is 10.1 Å². The zero-order valence-electron chi connectivity index (χ0n) is 15.0. The Balaban J connectivity index is 1.95. The second kappa shape index (κ2) is 7.67. The fraction of sp³-hybridized carbons (Fsp3) is 0.158. The normalized spacial score (nSPS) is 12.8. The van der Waals surface area contributed by atoms with E-state index in [4.69, 9.17) is 9.47 Å². The summed E-state index contributed by atoms with van der Waals surface area (Å²) < 4.78 is 10.5. The van der Waals surface area contributed by atoms with Crippen molar-refractivity contribution in [2.45, 2.75) is 13.0 Å². The molecule has 9 heteroatoms. The van der Waals surface area contributed by atoms with Gasteiger partial charge in [0, 0.05) is 0 Å². The minimum atomic E-state index is -1.03. The number of nitrogens with one attached hydrogen (secondary N) is 1. The summed E-state index contributed by atoms with van der Waals surface area (Å²) >= 11 is 0. The van der Waals surface area contributed by atoms with Gasteiger partial charge < -0.3 is 19.6 Å². The molecule has 9 nitrogen and oxygen atoms in total. The van der Waals surface area contributed by atoms with E-state index in [2.05, 4.69) is 9.97 Å². The van der Waals surface area contributed by atoms with Gasteiger partial charge in [-0.05, 0) is 31.2 Å². The number of allylic oxidation sites excluding steroid dienone is 1. The zero-order valence-corrected chi connectivity index (χ0v) is 15.0. The van der Waals surface area contributed by atoms with E-state index >= 15 is 0 Å². The van der Waals surface area contributed by atoms with Crippen molar-refractivity contribution in [2.24, 2.45) is 0 Å². The lowest BCUT2D eigenvalue weighted by Gasteiger charge is -2.15. The van der Waals surface area contributed by atoms with Gasteiger partial charge in [0.15, 0.2) is 23.4 Å². The van der Waals surface area contributed by atoms with Gasteiger partial charge in [-0.2, -0.15) is 5.26 Å². The molecular formula is C19H16N4O5. The summed E-state index contributed by atoms with van der Waals surface area (Å²) in [6.45, 7) is 1.48. The van der Waals surface area contributed by atoms with E-state index in [9.17, 15) is 20.5 Å². The Morgan fingerprint density at radius 3 is 2.75 bits per heavy atom. The van der Waals surface area contributed by atoms with E-state index in [0.29, 0.717) is 16.8 Å². The van der Waals surface area contributed by atoms with Crippen LogP contribution in [0.3, 0.4) is 0 Å². The maximum Gasteiger partial charge on any atom is 0.314 e. The van der Waals surface area contributed by atoms with Gasteiger partial charge in [0.05, 0.1) is 29.1 Å². The third-order valence-corrected chi connectivity index (χ3v) is 4.05. The zero-order chi connectivity index (χ0) is 20.3. The molecule has 0 amide bonds. The summed E-state index contributed by atoms with van der Waals surface area (Å²) in [5.41, 5.74) is 0.913. The van der Waals surface area contributed by atoms with Crippen LogP contribution in [0.1, 0.15) is 12.7 Å². The van der Waals surface area contributed by atoms with Crippen molar-refractivity contribution >= 4 is 22.3 Å². The molecule has 0 saturated carbocycles. The quantitative estimate of drug-likeness (QED) is 0.288. The third-order valence-electron chi connectivity index (χ3n) is 4.05. The number of nitriles is 1. The SMILES string of the molecule is COc1ccc(O[C@@H](C)/C(O)=C(\C#N)c2nc3ccccc3[nH]2)c([N+](=O)[O-])c1. The fourth-order valence-corrected chi connectivity index (χ4v) is 2.62. The Hall–Kier alpha value is -4.06. The van der Waals surface area contributed by atoms with Crippen molar-refractivity contribution in [1.82, 2.24) is 9.97 Å². The minimum absolute atomic E-state index is 0.0632. The molecule has 1 aromatic heterocycles. The lowest BCUT2D eigenvalue weighted by atomic mass is 10.1. The first-order valence-corrected chi connectivity index (χ1v) is 8.22. The number of ether oxygens (including phenoxy) is 2. The van der Waals surface area contributed by atoms with Crippen molar-refractivity contribution in [1.29, 1.82) is 5.26 Å². The maximum atomic E-state index is 11.3. The number of methoxy groups -OCH3 is 1. The number of imidazole rings is 1. The molecule has 0 aliphatic carbocycles. The standard InChI is InChI=1S/C19H16N4O5/c1-11(28-17-8-7-12(27-2)9-16(17)23(25)26)18(24)13(10-20)19-21-14-5-3-4-6-15(14)22-19/h3-9,11,24H,1-2H3,(H,21,22)/b18-13-/t11-/m0/s1. The van der Waals surface area contributed by atoms with E-state index in [0.717, 1.165) is 0 Å². The van der Waals surface area contributed by atoms with Crippen molar-refractivity contribution < 1.29 is 19.5 Å². The molecule has 0 saturated heterocycles. The Morgan fingerprint density at radius 2 is 2.11 bits per heavy atom. The topological polar surface area (TPSA) is 134 Å². The summed E-state index contributed by atoms with van der Waals surface area (Å²) in [4.78, 5) is 17.9. The van der Waals surface area contributed by atoms with Gasteiger partial charge in [-0.15, -0.1) is 0 Å². The molecule has 0 spiro atoms. The van der Waals surface area contributed by atoms with Crippen molar-refractivity contribution in [3.8, 4) is 17.6 Å². The average molecular weight is 380 g/mol. The molecule has 0 bridgehead atoms. The number of nitro benzene ring substituents is 1. The number of hydrogen-bond donors (Lipinski definition) is 2. The van der Waals surface area contributed by atoms with Gasteiger partial charge in [0.25, 0.3) is 0 Å². The summed E-state index contributed by atoms with van der Waals surface area (Å²) in [7, 11) is 1.39. The Kier molecular flexibility index (Phi) is 5.13. The van der Waals surface area contributed by atoms with Crippen LogP contribution in [0.4, 0.5) is 5.69 Å². The van der Waals surface area contributed by atoms with Crippen LogP contribution in [0.5, 0.6) is 11.5 Å². The van der Waals surface area contributed by atoms with Crippen molar-refractivity contribution in [3.05, 3.63) is 64.2 Å². The second-order valence-electron chi connectivity index (χ2n) is 5.83. The molecule has 0 aliphatic heterocycles. The third kappa shape index (κ3) is 3.57. The first-order valence-electron chi connectivity index (χ1n) is 8.22. The van der Waals surface area contributed by atoms with Crippen molar-refractivity contribution in [2.75, 3.05) is 7.11 Å². The smallest absolute Gasteiger partial charge is 0.314 e. The van der Waals surface area contributed by atoms with Crippen LogP contribution in [0.25, 0.3) is 16.6 Å². The first kappa shape index (κ1) is 18.7. The van der Waals surface area contributed by atoms with Gasteiger partial charge >= 0.3 is 5.69 Å². The number of H-pyrrole nitrogens is 1. The molecule has 0 radical (unpaired) electrons. The second-order valence-corrected chi connectivity index (χ2v) is 5.83. The molecule has 0 unspecified atom stereocenters. The van der Waals surface area contributed by atoms with E-state index in [1.165, 1.54) is 32.2 Å². The number of aliphatic hydroxyl groups is 1. The van der Waals surface area contributed by atoms with Crippen molar-refractivity contribution in [3.63, 3.8) is 0 Å². The molecule has 3 rings (SSSR count). The molecule has 28 heavy (non-hydrogen) atoms. The number of aromatic nitrogens is 2. The van der Waals surface area contributed by atoms with Crippen LogP contribution in [-0.4, -0.2) is 33.2 Å². The lowest BCUT2D eigenvalue weighted by Crippen LogP contribution is -2.17. The number of rotatable bonds is 6. The minimum Gasteiger partial charge on any atom is -0.507 e. The molecule has 3 aromatic rings. The number of aromatic amines is 1. The highest BCUT2D eigenvalue weighted by Gasteiger charge is 2.23. The van der Waals surface area contributed by atoms with E-state index in [1.807, 2.05) is 12.1 Å². The van der Waals surface area contributed by atoms with Gasteiger partial charge in [0.2, 0.25) is 0 Å². The number of aliphatic hydroxyl groups excluding tert-OH is 1. The summed E-state index contributed by atoms with van der Waals surface area (Å²) in [5, 5.41) is 31.3. The number of para-hydroxylation sites is 2. The molecule has 2 aromatic carbocycles. The molecule has 0 aliphatic rings. The van der Waals surface area contributed by atoms with Crippen LogP contribution in [0.2, 0.25) is 0 Å². The number of hydrogen-bond acceptors (Lipinski definition) is 7. The van der Waals surface area contributed by atoms with Crippen LogP contribution < -0.4 is 9.47 Å².